The molecular formula is C14H14ClFN2O3. The third kappa shape index (κ3) is 3.40. The lowest BCUT2D eigenvalue weighted by atomic mass is 10.1. The van der Waals surface area contributed by atoms with Crippen molar-refractivity contribution in [2.24, 2.45) is 0 Å². The van der Waals surface area contributed by atoms with Crippen LogP contribution < -0.4 is 11.2 Å². The summed E-state index contributed by atoms with van der Waals surface area (Å²) in [6.45, 7) is 0.647. The van der Waals surface area contributed by atoms with E-state index in [0.29, 0.717) is 18.6 Å². The van der Waals surface area contributed by atoms with Crippen molar-refractivity contribution >= 4 is 11.6 Å². The van der Waals surface area contributed by atoms with Gasteiger partial charge < -0.3 is 4.74 Å². The third-order valence-corrected chi connectivity index (χ3v) is 3.29. The fourth-order valence-electron chi connectivity index (χ4n) is 1.98. The maximum Gasteiger partial charge on any atom is 0.329 e. The maximum atomic E-state index is 13.0. The molecule has 5 nitrogen and oxygen atoms in total. The highest BCUT2D eigenvalue weighted by Crippen LogP contribution is 2.21. The zero-order valence-corrected chi connectivity index (χ0v) is 12.1. The normalized spacial score (nSPS) is 10.8. The molecule has 0 saturated carbocycles. The molecule has 1 heterocycles. The highest BCUT2D eigenvalue weighted by molar-refractivity contribution is 6.32. The number of nitrogens with zero attached hydrogens (tertiary/aromatic N) is 1. The molecule has 2 rings (SSSR count). The van der Waals surface area contributed by atoms with Gasteiger partial charge in [-0.2, -0.15) is 0 Å². The van der Waals surface area contributed by atoms with E-state index in [1.807, 2.05) is 0 Å². The molecule has 0 fully saturated rings. The van der Waals surface area contributed by atoms with Crippen LogP contribution in [-0.4, -0.2) is 23.3 Å². The molecule has 0 spiro atoms. The number of H-pyrrole nitrogens is 1. The molecule has 1 N–H and O–H groups in total. The van der Waals surface area contributed by atoms with E-state index in [4.69, 9.17) is 16.3 Å². The number of hydrogen-bond donors (Lipinski definition) is 1. The van der Waals surface area contributed by atoms with Crippen molar-refractivity contribution in [1.82, 2.24) is 9.55 Å². The average molecular weight is 313 g/mol. The summed E-state index contributed by atoms with van der Waals surface area (Å²) < 4.78 is 18.9. The smallest absolute Gasteiger partial charge is 0.329 e. The van der Waals surface area contributed by atoms with Crippen LogP contribution in [0.25, 0.3) is 11.1 Å². The molecule has 0 saturated heterocycles. The van der Waals surface area contributed by atoms with Crippen LogP contribution in [0.4, 0.5) is 4.39 Å². The molecule has 0 aliphatic rings. The Morgan fingerprint density at radius 1 is 1.29 bits per heavy atom. The van der Waals surface area contributed by atoms with Crippen LogP contribution in [0.15, 0.2) is 33.9 Å². The number of rotatable bonds is 5. The Kier molecular flexibility index (Phi) is 4.93. The van der Waals surface area contributed by atoms with E-state index in [1.54, 1.807) is 7.11 Å². The lowest BCUT2D eigenvalue weighted by molar-refractivity contribution is 0.189. The molecule has 1 aromatic carbocycles. The lowest BCUT2D eigenvalue weighted by Gasteiger charge is -2.09. The van der Waals surface area contributed by atoms with Gasteiger partial charge >= 0.3 is 5.69 Å². The topological polar surface area (TPSA) is 64.1 Å². The van der Waals surface area contributed by atoms with Gasteiger partial charge in [-0.15, -0.1) is 0 Å². The first kappa shape index (κ1) is 15.5. The molecule has 0 aliphatic heterocycles. The zero-order chi connectivity index (χ0) is 15.4. The Hall–Kier alpha value is -1.92. The molecule has 21 heavy (non-hydrogen) atoms. The summed E-state index contributed by atoms with van der Waals surface area (Å²) in [7, 11) is 1.54. The van der Waals surface area contributed by atoms with E-state index in [1.165, 1.54) is 24.3 Å². The van der Waals surface area contributed by atoms with Gasteiger partial charge in [-0.05, 0) is 24.1 Å². The van der Waals surface area contributed by atoms with Crippen molar-refractivity contribution in [3.05, 3.63) is 56.1 Å². The number of methoxy groups -OCH3 is 1. The standard InChI is InChI=1S/C14H14ClFN2O3/c1-21-8-2-7-18-13(19)11(12(15)17-14(18)20)9-3-5-10(16)6-4-9/h3-6H,2,7-8H2,1H3,(H,17,20). The molecule has 7 heteroatoms. The number of nitrogens with one attached hydrogen (secondary N) is 1. The number of hydrogen-bond acceptors (Lipinski definition) is 3. The Morgan fingerprint density at radius 3 is 2.57 bits per heavy atom. The SMILES string of the molecule is COCCCn1c(=O)[nH]c(Cl)c(-c2ccc(F)cc2)c1=O. The lowest BCUT2D eigenvalue weighted by Crippen LogP contribution is -2.36. The second kappa shape index (κ2) is 6.69. The first-order valence-electron chi connectivity index (χ1n) is 6.32. The van der Waals surface area contributed by atoms with Crippen molar-refractivity contribution in [3.63, 3.8) is 0 Å². The Labute approximate surface area is 125 Å². The molecule has 0 unspecified atom stereocenters. The van der Waals surface area contributed by atoms with Crippen LogP contribution >= 0.6 is 11.6 Å². The predicted octanol–water partition coefficient (Wildman–Crippen LogP) is 2.03. The minimum absolute atomic E-state index is 0.0559. The first-order valence-corrected chi connectivity index (χ1v) is 6.70. The molecule has 2 aromatic rings. The van der Waals surface area contributed by atoms with Crippen molar-refractivity contribution in [2.75, 3.05) is 13.7 Å². The second-order valence-electron chi connectivity index (χ2n) is 4.43. The molecule has 0 radical (unpaired) electrons. The van der Waals surface area contributed by atoms with Gasteiger partial charge in [0.15, 0.2) is 0 Å². The van der Waals surface area contributed by atoms with Crippen molar-refractivity contribution in [3.8, 4) is 11.1 Å². The van der Waals surface area contributed by atoms with Crippen LogP contribution in [0.1, 0.15) is 6.42 Å². The number of benzene rings is 1. The number of ether oxygens (including phenoxy) is 1. The van der Waals surface area contributed by atoms with Crippen LogP contribution in [0.5, 0.6) is 0 Å². The van der Waals surface area contributed by atoms with Crippen LogP contribution in [0.3, 0.4) is 0 Å². The summed E-state index contributed by atoms with van der Waals surface area (Å²) in [5, 5.41) is -0.0559. The molecule has 0 bridgehead atoms. The highest BCUT2D eigenvalue weighted by Gasteiger charge is 2.14. The number of halogens is 2. The zero-order valence-electron chi connectivity index (χ0n) is 11.4. The summed E-state index contributed by atoms with van der Waals surface area (Å²) in [6, 6.07) is 5.34. The van der Waals surface area contributed by atoms with Gasteiger partial charge in [-0.1, -0.05) is 23.7 Å². The summed E-state index contributed by atoms with van der Waals surface area (Å²) in [4.78, 5) is 26.7. The van der Waals surface area contributed by atoms with Crippen LogP contribution in [0.2, 0.25) is 5.15 Å². The molecule has 0 aliphatic carbocycles. The van der Waals surface area contributed by atoms with E-state index >= 15 is 0 Å². The van der Waals surface area contributed by atoms with Crippen LogP contribution in [-0.2, 0) is 11.3 Å². The van der Waals surface area contributed by atoms with Gasteiger partial charge in [-0.3, -0.25) is 14.3 Å². The molecule has 0 amide bonds. The van der Waals surface area contributed by atoms with E-state index in [9.17, 15) is 14.0 Å². The van der Waals surface area contributed by atoms with E-state index < -0.39 is 17.1 Å². The Bertz CT molecular complexity index is 737. The van der Waals surface area contributed by atoms with E-state index in [-0.39, 0.29) is 17.3 Å². The molecule has 1 aromatic heterocycles. The van der Waals surface area contributed by atoms with Gasteiger partial charge in [0.2, 0.25) is 0 Å². The van der Waals surface area contributed by atoms with Gasteiger partial charge in [-0.25, -0.2) is 9.18 Å². The minimum Gasteiger partial charge on any atom is -0.385 e. The van der Waals surface area contributed by atoms with Gasteiger partial charge in [0, 0.05) is 20.3 Å². The quantitative estimate of drug-likeness (QED) is 0.678. The maximum absolute atomic E-state index is 13.0. The second-order valence-corrected chi connectivity index (χ2v) is 4.81. The summed E-state index contributed by atoms with van der Waals surface area (Å²) in [6.07, 6.45) is 0.518. The van der Waals surface area contributed by atoms with Gasteiger partial charge in [0.25, 0.3) is 5.56 Å². The fraction of sp³-hybridized carbons (Fsp3) is 0.286. The predicted molar refractivity (Wildman–Crippen MR) is 78.2 cm³/mol. The van der Waals surface area contributed by atoms with E-state index in [2.05, 4.69) is 4.98 Å². The minimum atomic E-state index is -0.577. The van der Waals surface area contributed by atoms with Crippen molar-refractivity contribution in [1.29, 1.82) is 0 Å². The highest BCUT2D eigenvalue weighted by atomic mass is 35.5. The molecule has 112 valence electrons. The summed E-state index contributed by atoms with van der Waals surface area (Å²) in [5.41, 5.74) is -0.491. The van der Waals surface area contributed by atoms with Gasteiger partial charge in [0.1, 0.15) is 11.0 Å². The van der Waals surface area contributed by atoms with Gasteiger partial charge in [0.05, 0.1) is 5.56 Å². The van der Waals surface area contributed by atoms with E-state index in [0.717, 1.165) is 4.57 Å². The number of aromatic amines is 1. The van der Waals surface area contributed by atoms with Crippen molar-refractivity contribution in [2.45, 2.75) is 13.0 Å². The summed E-state index contributed by atoms with van der Waals surface area (Å²) in [5.74, 6) is -0.417. The first-order chi connectivity index (χ1) is 10.0. The summed E-state index contributed by atoms with van der Waals surface area (Å²) >= 11 is 5.96. The fourth-order valence-corrected chi connectivity index (χ4v) is 2.25. The molecular weight excluding hydrogens is 299 g/mol. The van der Waals surface area contributed by atoms with Crippen molar-refractivity contribution < 1.29 is 9.13 Å². The van der Waals surface area contributed by atoms with Crippen LogP contribution in [0, 0.1) is 5.82 Å². The largest absolute Gasteiger partial charge is 0.385 e. The third-order valence-electron chi connectivity index (χ3n) is 3.00. The molecule has 0 atom stereocenters. The Balaban J connectivity index is 2.51. The average Bonchev–Trinajstić information content (AvgIpc) is 2.44. The monoisotopic (exact) mass is 312 g/mol. The Morgan fingerprint density at radius 2 is 1.95 bits per heavy atom. The number of aromatic nitrogens is 2.